The number of ether oxygens (including phenoxy) is 2. The van der Waals surface area contributed by atoms with E-state index in [1.165, 1.54) is 0 Å². The van der Waals surface area contributed by atoms with Crippen LogP contribution in [-0.2, 0) is 4.74 Å². The van der Waals surface area contributed by atoms with Crippen LogP contribution in [0.25, 0.3) is 10.9 Å². The first-order valence-electron chi connectivity index (χ1n) is 11.3. The van der Waals surface area contributed by atoms with E-state index in [4.69, 9.17) is 14.5 Å². The monoisotopic (exact) mass is 456 g/mol. The molecule has 0 saturated carbocycles. The molecular weight excluding hydrogens is 432 g/mol. The number of hydrazone groups is 1. The third-order valence-corrected chi connectivity index (χ3v) is 5.87. The summed E-state index contributed by atoms with van der Waals surface area (Å²) >= 11 is 0. The van der Waals surface area contributed by atoms with E-state index in [2.05, 4.69) is 41.3 Å². The van der Waals surface area contributed by atoms with E-state index >= 15 is 0 Å². The predicted octanol–water partition coefficient (Wildman–Crippen LogP) is 3.17. The number of fused-ring (bicyclic) bond motifs is 2. The van der Waals surface area contributed by atoms with Crippen LogP contribution in [0, 0.1) is 0 Å². The number of hydrogen-bond acceptors (Lipinski definition) is 9. The predicted molar refractivity (Wildman–Crippen MR) is 131 cm³/mol. The lowest BCUT2D eigenvalue weighted by molar-refractivity contribution is 0.122. The average Bonchev–Trinajstić information content (AvgIpc) is 3.32. The van der Waals surface area contributed by atoms with Crippen molar-refractivity contribution in [3.63, 3.8) is 0 Å². The molecule has 0 radical (unpaired) electrons. The highest BCUT2D eigenvalue weighted by Crippen LogP contribution is 2.35. The number of aromatic amines is 1. The number of rotatable bonds is 5. The number of anilines is 4. The molecule has 6 rings (SSSR count). The third kappa shape index (κ3) is 3.99. The summed E-state index contributed by atoms with van der Waals surface area (Å²) in [7, 11) is 0. The zero-order valence-electron chi connectivity index (χ0n) is 18.5. The number of H-pyrrole nitrogens is 1. The fourth-order valence-electron chi connectivity index (χ4n) is 4.17. The van der Waals surface area contributed by atoms with Crippen LogP contribution in [0.1, 0.15) is 5.56 Å². The van der Waals surface area contributed by atoms with Gasteiger partial charge in [-0.1, -0.05) is 30.3 Å². The summed E-state index contributed by atoms with van der Waals surface area (Å²) in [6, 6.07) is 16.0. The third-order valence-electron chi connectivity index (χ3n) is 5.87. The molecule has 0 unspecified atom stereocenters. The van der Waals surface area contributed by atoms with Crippen LogP contribution in [-0.4, -0.2) is 65.6 Å². The summed E-state index contributed by atoms with van der Waals surface area (Å²) in [4.78, 5) is 21.6. The van der Waals surface area contributed by atoms with Gasteiger partial charge in [-0.2, -0.15) is 20.1 Å². The van der Waals surface area contributed by atoms with Crippen molar-refractivity contribution in [1.29, 1.82) is 0 Å². The van der Waals surface area contributed by atoms with Crippen LogP contribution in [0.15, 0.2) is 59.8 Å². The van der Waals surface area contributed by atoms with Gasteiger partial charge in [-0.05, 0) is 18.2 Å². The second kappa shape index (κ2) is 8.99. The average molecular weight is 457 g/mol. The first-order chi connectivity index (χ1) is 16.8. The zero-order valence-corrected chi connectivity index (χ0v) is 18.5. The number of nitrogens with zero attached hydrogens (tertiary/aromatic N) is 6. The van der Waals surface area contributed by atoms with Crippen LogP contribution in [0.4, 0.5) is 23.5 Å². The first kappa shape index (κ1) is 20.4. The Morgan fingerprint density at radius 1 is 0.912 bits per heavy atom. The Balaban J connectivity index is 1.33. The number of hydrogen-bond donors (Lipinski definition) is 2. The Bertz CT molecular complexity index is 1330. The molecule has 10 nitrogen and oxygen atoms in total. The number of aromatic nitrogens is 4. The molecule has 4 heterocycles. The maximum atomic E-state index is 5.81. The van der Waals surface area contributed by atoms with Gasteiger partial charge in [0.1, 0.15) is 12.4 Å². The minimum atomic E-state index is 0.381. The summed E-state index contributed by atoms with van der Waals surface area (Å²) in [5.41, 5.74) is 5.98. The van der Waals surface area contributed by atoms with Gasteiger partial charge >= 0.3 is 0 Å². The van der Waals surface area contributed by atoms with E-state index in [1.54, 1.807) is 6.21 Å². The van der Waals surface area contributed by atoms with Gasteiger partial charge in [-0.15, -0.1) is 0 Å². The Kier molecular flexibility index (Phi) is 5.40. The van der Waals surface area contributed by atoms with E-state index < -0.39 is 0 Å². The smallest absolute Gasteiger partial charge is 0.250 e. The second-order valence-electron chi connectivity index (χ2n) is 7.99. The fourth-order valence-corrected chi connectivity index (χ4v) is 4.17. The van der Waals surface area contributed by atoms with Crippen molar-refractivity contribution in [2.24, 2.45) is 5.10 Å². The molecule has 2 aromatic carbocycles. The van der Waals surface area contributed by atoms with Crippen molar-refractivity contribution in [2.45, 2.75) is 0 Å². The second-order valence-corrected chi connectivity index (χ2v) is 7.99. The quantitative estimate of drug-likeness (QED) is 0.349. The summed E-state index contributed by atoms with van der Waals surface area (Å²) in [6.07, 6.45) is 3.69. The van der Waals surface area contributed by atoms with Crippen molar-refractivity contribution >= 4 is 40.6 Å². The van der Waals surface area contributed by atoms with Gasteiger partial charge in [0.25, 0.3) is 0 Å². The number of benzene rings is 2. The van der Waals surface area contributed by atoms with Crippen molar-refractivity contribution in [3.8, 4) is 5.75 Å². The lowest BCUT2D eigenvalue weighted by atomic mass is 10.2. The number of morpholine rings is 1. The Morgan fingerprint density at radius 2 is 1.74 bits per heavy atom. The van der Waals surface area contributed by atoms with Crippen molar-refractivity contribution in [1.82, 2.24) is 19.9 Å². The molecule has 0 aliphatic carbocycles. The normalized spacial score (nSPS) is 16.0. The Labute approximate surface area is 196 Å². The highest BCUT2D eigenvalue weighted by Gasteiger charge is 2.24. The molecule has 10 heteroatoms. The number of para-hydroxylation sites is 3. The summed E-state index contributed by atoms with van der Waals surface area (Å²) in [6.45, 7) is 3.92. The molecule has 2 aliphatic heterocycles. The molecule has 172 valence electrons. The van der Waals surface area contributed by atoms with Gasteiger partial charge in [0.05, 0.1) is 31.7 Å². The molecule has 1 saturated heterocycles. The molecular formula is C24H24N8O2. The van der Waals surface area contributed by atoms with E-state index in [-0.39, 0.29) is 0 Å². The Hall–Kier alpha value is -4.18. The van der Waals surface area contributed by atoms with Gasteiger partial charge in [-0.3, -0.25) is 0 Å². The largest absolute Gasteiger partial charge is 0.490 e. The summed E-state index contributed by atoms with van der Waals surface area (Å²) in [5, 5.41) is 5.52. The van der Waals surface area contributed by atoms with E-state index in [0.717, 1.165) is 41.0 Å². The Morgan fingerprint density at radius 3 is 2.68 bits per heavy atom. The van der Waals surface area contributed by atoms with Gasteiger partial charge in [0.2, 0.25) is 17.8 Å². The topological polar surface area (TPSA) is 104 Å². The van der Waals surface area contributed by atoms with Crippen molar-refractivity contribution in [3.05, 3.63) is 60.3 Å². The van der Waals surface area contributed by atoms with Crippen LogP contribution >= 0.6 is 0 Å². The lowest BCUT2D eigenvalue weighted by Crippen LogP contribution is -2.38. The van der Waals surface area contributed by atoms with Crippen LogP contribution in [0.5, 0.6) is 5.75 Å². The maximum absolute atomic E-state index is 5.81. The minimum absolute atomic E-state index is 0.381. The molecule has 2 N–H and O–H groups in total. The molecule has 2 aliphatic rings. The molecule has 4 aromatic rings. The van der Waals surface area contributed by atoms with Gasteiger partial charge in [-0.25, -0.2) is 5.43 Å². The van der Waals surface area contributed by atoms with Gasteiger partial charge < -0.3 is 24.3 Å². The SMILES string of the molecule is C(=N\Nc1nc(N2CCOCC2)nc(N2CCOc3ccccc32)n1)/c1c[nH]c2ccccc12. The molecule has 34 heavy (non-hydrogen) atoms. The van der Waals surface area contributed by atoms with Crippen LogP contribution < -0.4 is 20.0 Å². The fraction of sp³-hybridized carbons (Fsp3) is 0.250. The lowest BCUT2D eigenvalue weighted by Gasteiger charge is -2.31. The number of nitrogens with one attached hydrogen (secondary N) is 2. The molecule has 0 bridgehead atoms. The van der Waals surface area contributed by atoms with E-state index in [9.17, 15) is 0 Å². The zero-order chi connectivity index (χ0) is 22.7. The van der Waals surface area contributed by atoms with Crippen molar-refractivity contribution < 1.29 is 9.47 Å². The molecule has 1 fully saturated rings. The summed E-state index contributed by atoms with van der Waals surface area (Å²) in [5.74, 6) is 2.35. The van der Waals surface area contributed by atoms with Crippen LogP contribution in [0.2, 0.25) is 0 Å². The van der Waals surface area contributed by atoms with Gasteiger partial charge in [0, 0.05) is 35.8 Å². The van der Waals surface area contributed by atoms with Crippen LogP contribution in [0.3, 0.4) is 0 Å². The highest BCUT2D eigenvalue weighted by atomic mass is 16.5. The maximum Gasteiger partial charge on any atom is 0.250 e. The standard InChI is InChI=1S/C24H24N8O2/c1-2-6-19-18(5-1)17(15-25-19)16-26-30-22-27-23(31-9-12-33-13-10-31)29-24(28-22)32-11-14-34-21-8-4-3-7-20(21)32/h1-8,15-16,25H,9-14H2,(H,27,28,29,30)/b26-16+. The van der Waals surface area contributed by atoms with Crippen molar-refractivity contribution in [2.75, 3.05) is 54.7 Å². The van der Waals surface area contributed by atoms with E-state index in [1.807, 2.05) is 48.7 Å². The highest BCUT2D eigenvalue weighted by molar-refractivity contribution is 5.99. The van der Waals surface area contributed by atoms with E-state index in [0.29, 0.717) is 44.2 Å². The molecule has 0 amide bonds. The molecule has 0 spiro atoms. The first-order valence-corrected chi connectivity index (χ1v) is 11.3. The van der Waals surface area contributed by atoms with Gasteiger partial charge in [0.15, 0.2) is 0 Å². The molecule has 0 atom stereocenters. The summed E-state index contributed by atoms with van der Waals surface area (Å²) < 4.78 is 11.3. The minimum Gasteiger partial charge on any atom is -0.490 e. The molecule has 2 aromatic heterocycles.